The van der Waals surface area contributed by atoms with Gasteiger partial charge in [0.2, 0.25) is 5.91 Å². The van der Waals surface area contributed by atoms with Crippen molar-refractivity contribution >= 4 is 23.0 Å². The highest BCUT2D eigenvalue weighted by Crippen LogP contribution is 2.31. The second kappa shape index (κ2) is 7.43. The Labute approximate surface area is 151 Å². The van der Waals surface area contributed by atoms with E-state index in [2.05, 4.69) is 16.3 Å². The number of carbonyl (C=O) groups excluding carboxylic acids is 1. The third-order valence-electron chi connectivity index (χ3n) is 4.64. The van der Waals surface area contributed by atoms with Gasteiger partial charge in [0.1, 0.15) is 11.8 Å². The molecule has 0 aliphatic carbocycles. The molecule has 0 aromatic heterocycles. The number of aryl methyl sites for hydroxylation is 1. The number of ether oxygens (including phenoxy) is 1. The largest absolute Gasteiger partial charge is 0.495 e. The molecule has 1 aliphatic rings. The highest BCUT2D eigenvalue weighted by Gasteiger charge is 2.26. The minimum atomic E-state index is -0.501. The van der Waals surface area contributed by atoms with E-state index in [0.29, 0.717) is 11.4 Å². The first-order valence-corrected chi connectivity index (χ1v) is 8.49. The number of para-hydroxylation sites is 1. The SMILES string of the molecule is COc1ccc([N+](=O)[O-])cc1NC(=O)[C@@H](C)N1CCCc2ccccc21. The Morgan fingerprint density at radius 3 is 2.81 bits per heavy atom. The molecule has 0 spiro atoms. The van der Waals surface area contributed by atoms with Gasteiger partial charge in [-0.15, -0.1) is 0 Å². The molecule has 2 aromatic carbocycles. The summed E-state index contributed by atoms with van der Waals surface area (Å²) >= 11 is 0. The summed E-state index contributed by atoms with van der Waals surface area (Å²) < 4.78 is 5.21. The van der Waals surface area contributed by atoms with Gasteiger partial charge in [0.15, 0.2) is 0 Å². The van der Waals surface area contributed by atoms with Crippen molar-refractivity contribution in [1.82, 2.24) is 0 Å². The van der Waals surface area contributed by atoms with Crippen LogP contribution in [0.1, 0.15) is 18.9 Å². The molecule has 0 radical (unpaired) electrons. The van der Waals surface area contributed by atoms with Crippen LogP contribution in [0.5, 0.6) is 5.75 Å². The lowest BCUT2D eigenvalue weighted by Gasteiger charge is -2.35. The van der Waals surface area contributed by atoms with Crippen molar-refractivity contribution in [2.45, 2.75) is 25.8 Å². The lowest BCUT2D eigenvalue weighted by molar-refractivity contribution is -0.384. The molecule has 1 N–H and O–H groups in total. The minimum Gasteiger partial charge on any atom is -0.495 e. The second-order valence-corrected chi connectivity index (χ2v) is 6.23. The zero-order valence-electron chi connectivity index (χ0n) is 14.8. The van der Waals surface area contributed by atoms with Gasteiger partial charge in [-0.25, -0.2) is 0 Å². The van der Waals surface area contributed by atoms with Gasteiger partial charge < -0.3 is 15.0 Å². The molecule has 136 valence electrons. The zero-order valence-corrected chi connectivity index (χ0v) is 14.8. The first-order chi connectivity index (χ1) is 12.5. The van der Waals surface area contributed by atoms with Crippen molar-refractivity contribution in [3.8, 4) is 5.75 Å². The number of benzene rings is 2. The molecule has 7 nitrogen and oxygen atoms in total. The van der Waals surface area contributed by atoms with E-state index in [1.807, 2.05) is 25.1 Å². The average molecular weight is 355 g/mol. The maximum absolute atomic E-state index is 12.8. The monoisotopic (exact) mass is 355 g/mol. The van der Waals surface area contributed by atoms with E-state index in [0.717, 1.165) is 25.1 Å². The molecule has 2 aromatic rings. The Morgan fingerprint density at radius 1 is 1.31 bits per heavy atom. The predicted molar refractivity (Wildman–Crippen MR) is 99.8 cm³/mol. The van der Waals surface area contributed by atoms with Crippen LogP contribution in [0.2, 0.25) is 0 Å². The predicted octanol–water partition coefficient (Wildman–Crippen LogP) is 3.38. The van der Waals surface area contributed by atoms with Crippen molar-refractivity contribution in [3.63, 3.8) is 0 Å². The molecule has 0 saturated heterocycles. The fourth-order valence-corrected chi connectivity index (χ4v) is 3.25. The van der Waals surface area contributed by atoms with Crippen LogP contribution >= 0.6 is 0 Å². The minimum absolute atomic E-state index is 0.0999. The van der Waals surface area contributed by atoms with Gasteiger partial charge in [-0.2, -0.15) is 0 Å². The van der Waals surface area contributed by atoms with Gasteiger partial charge >= 0.3 is 0 Å². The number of nitrogens with one attached hydrogen (secondary N) is 1. The molecular weight excluding hydrogens is 334 g/mol. The Kier molecular flexibility index (Phi) is 5.06. The summed E-state index contributed by atoms with van der Waals surface area (Å²) in [6.07, 6.45) is 1.98. The number of non-ortho nitro benzene ring substituents is 1. The number of nitrogens with zero attached hydrogens (tertiary/aromatic N) is 2. The van der Waals surface area contributed by atoms with Gasteiger partial charge in [-0.05, 0) is 37.5 Å². The molecule has 1 atom stereocenters. The number of hydrogen-bond donors (Lipinski definition) is 1. The van der Waals surface area contributed by atoms with E-state index < -0.39 is 11.0 Å². The molecular formula is C19H21N3O4. The van der Waals surface area contributed by atoms with Crippen LogP contribution < -0.4 is 15.0 Å². The van der Waals surface area contributed by atoms with Gasteiger partial charge in [0.05, 0.1) is 17.7 Å². The maximum Gasteiger partial charge on any atom is 0.271 e. The second-order valence-electron chi connectivity index (χ2n) is 6.23. The first kappa shape index (κ1) is 17.7. The Balaban J connectivity index is 1.83. The Morgan fingerprint density at radius 2 is 2.08 bits per heavy atom. The highest BCUT2D eigenvalue weighted by molar-refractivity contribution is 5.98. The lowest BCUT2D eigenvalue weighted by Crippen LogP contribution is -2.44. The molecule has 0 unspecified atom stereocenters. The number of anilines is 2. The summed E-state index contributed by atoms with van der Waals surface area (Å²) in [5.74, 6) is 0.149. The van der Waals surface area contributed by atoms with Crippen LogP contribution in [0.4, 0.5) is 17.1 Å². The summed E-state index contributed by atoms with van der Waals surface area (Å²) in [5.41, 5.74) is 2.49. The number of amides is 1. The van der Waals surface area contributed by atoms with Crippen LogP contribution in [-0.2, 0) is 11.2 Å². The van der Waals surface area contributed by atoms with Crippen LogP contribution in [0.15, 0.2) is 42.5 Å². The zero-order chi connectivity index (χ0) is 18.7. The lowest BCUT2D eigenvalue weighted by atomic mass is 10.00. The highest BCUT2D eigenvalue weighted by atomic mass is 16.6. The van der Waals surface area contributed by atoms with Crippen molar-refractivity contribution in [3.05, 3.63) is 58.1 Å². The number of carbonyl (C=O) groups is 1. The Bertz CT molecular complexity index is 837. The van der Waals surface area contributed by atoms with Gasteiger partial charge in [-0.3, -0.25) is 14.9 Å². The maximum atomic E-state index is 12.8. The van der Waals surface area contributed by atoms with Crippen LogP contribution in [0, 0.1) is 10.1 Å². The molecule has 0 bridgehead atoms. The van der Waals surface area contributed by atoms with Gasteiger partial charge in [0, 0.05) is 24.4 Å². The fraction of sp³-hybridized carbons (Fsp3) is 0.316. The normalized spacial score (nSPS) is 14.3. The van der Waals surface area contributed by atoms with Crippen molar-refractivity contribution in [2.24, 2.45) is 0 Å². The van der Waals surface area contributed by atoms with Crippen LogP contribution in [-0.4, -0.2) is 30.5 Å². The van der Waals surface area contributed by atoms with E-state index in [9.17, 15) is 14.9 Å². The smallest absolute Gasteiger partial charge is 0.271 e. The summed E-state index contributed by atoms with van der Waals surface area (Å²) in [7, 11) is 1.46. The summed E-state index contributed by atoms with van der Waals surface area (Å²) in [4.78, 5) is 25.4. The van der Waals surface area contributed by atoms with Crippen LogP contribution in [0.25, 0.3) is 0 Å². The van der Waals surface area contributed by atoms with Crippen molar-refractivity contribution in [1.29, 1.82) is 0 Å². The standard InChI is InChI=1S/C19H21N3O4/c1-13(21-11-5-7-14-6-3-4-8-17(14)21)19(23)20-16-12-15(22(24)25)9-10-18(16)26-2/h3-4,6,8-10,12-13H,5,7,11H2,1-2H3,(H,20,23)/t13-/m1/s1. The first-order valence-electron chi connectivity index (χ1n) is 8.49. The Hall–Kier alpha value is -3.09. The van der Waals surface area contributed by atoms with Gasteiger partial charge in [-0.1, -0.05) is 18.2 Å². The molecule has 1 amide bonds. The summed E-state index contributed by atoms with van der Waals surface area (Å²) in [5, 5.41) is 13.8. The molecule has 1 heterocycles. The van der Waals surface area contributed by atoms with Gasteiger partial charge in [0.25, 0.3) is 5.69 Å². The summed E-state index contributed by atoms with van der Waals surface area (Å²) in [6, 6.07) is 11.8. The number of fused-ring (bicyclic) bond motifs is 1. The van der Waals surface area contributed by atoms with Crippen LogP contribution in [0.3, 0.4) is 0 Å². The molecule has 0 fully saturated rings. The van der Waals surface area contributed by atoms with E-state index in [4.69, 9.17) is 4.74 Å². The average Bonchev–Trinajstić information content (AvgIpc) is 2.66. The fourth-order valence-electron chi connectivity index (χ4n) is 3.25. The number of hydrogen-bond acceptors (Lipinski definition) is 5. The summed E-state index contributed by atoms with van der Waals surface area (Å²) in [6.45, 7) is 2.62. The number of nitro groups is 1. The van der Waals surface area contributed by atoms with Crippen molar-refractivity contribution in [2.75, 3.05) is 23.9 Å². The quantitative estimate of drug-likeness (QED) is 0.656. The third kappa shape index (κ3) is 3.46. The third-order valence-corrected chi connectivity index (χ3v) is 4.64. The molecule has 1 aliphatic heterocycles. The molecule has 0 saturated carbocycles. The number of methoxy groups -OCH3 is 1. The van der Waals surface area contributed by atoms with Crippen molar-refractivity contribution < 1.29 is 14.5 Å². The molecule has 7 heteroatoms. The van der Waals surface area contributed by atoms with E-state index in [1.54, 1.807) is 0 Å². The van der Waals surface area contributed by atoms with E-state index in [-0.39, 0.29) is 11.6 Å². The number of rotatable bonds is 5. The number of nitro benzene ring substituents is 1. The topological polar surface area (TPSA) is 84.7 Å². The molecule has 26 heavy (non-hydrogen) atoms. The van der Waals surface area contributed by atoms with E-state index in [1.165, 1.54) is 30.9 Å². The molecule has 3 rings (SSSR count). The van der Waals surface area contributed by atoms with E-state index >= 15 is 0 Å².